The first-order chi connectivity index (χ1) is 16.2. The van der Waals surface area contributed by atoms with Gasteiger partial charge in [-0.25, -0.2) is 9.52 Å². The van der Waals surface area contributed by atoms with Crippen LogP contribution in [0.15, 0.2) is 0 Å². The molecule has 206 valence electrons. The minimum Gasteiger partial charge on any atom is -0.480 e. The van der Waals surface area contributed by atoms with Gasteiger partial charge in [0.15, 0.2) is 0 Å². The van der Waals surface area contributed by atoms with Crippen molar-refractivity contribution in [2.75, 3.05) is 19.6 Å². The fraction of sp³-hybridized carbons (Fsp3) is 0.857. The molecule has 2 atom stereocenters. The molecule has 2 amide bonds. The fourth-order valence-electron chi connectivity index (χ4n) is 3.99. The van der Waals surface area contributed by atoms with Gasteiger partial charge in [0.2, 0.25) is 0 Å². The highest BCUT2D eigenvalue weighted by Gasteiger charge is 2.54. The quantitative estimate of drug-likeness (QED) is 0.303. The van der Waals surface area contributed by atoms with Crippen LogP contribution in [0, 0.1) is 5.92 Å². The Balaban J connectivity index is 1.95. The number of nitrogens with two attached hydrogens (primary N) is 1. The molecule has 2 heterocycles. The van der Waals surface area contributed by atoms with E-state index in [1.165, 1.54) is 0 Å². The van der Waals surface area contributed by atoms with Crippen molar-refractivity contribution in [3.05, 3.63) is 0 Å². The maximum absolute atomic E-state index is 12.8. The Kier molecular flexibility index (Phi) is 8.78. The zero-order valence-corrected chi connectivity index (χ0v) is 22.9. The lowest BCUT2D eigenvalue weighted by Gasteiger charge is -2.32. The van der Waals surface area contributed by atoms with Crippen molar-refractivity contribution in [3.63, 3.8) is 0 Å². The van der Waals surface area contributed by atoms with Gasteiger partial charge in [0, 0.05) is 19.0 Å². The minimum absolute atomic E-state index is 0.186. The van der Waals surface area contributed by atoms with Crippen LogP contribution < -0.4 is 15.8 Å². The summed E-state index contributed by atoms with van der Waals surface area (Å²) in [5.41, 5.74) is 2.54. The average Bonchev–Trinajstić information content (AvgIpc) is 3.12. The smallest absolute Gasteiger partial charge is 0.457 e. The second-order valence-electron chi connectivity index (χ2n) is 11.3. The van der Waals surface area contributed by atoms with Crippen molar-refractivity contribution in [3.8, 4) is 0 Å². The maximum atomic E-state index is 12.8. The van der Waals surface area contributed by atoms with Gasteiger partial charge in [0.1, 0.15) is 17.7 Å². The monoisotopic (exact) mass is 534 g/mol. The summed E-state index contributed by atoms with van der Waals surface area (Å²) in [7, 11) is -4.87. The lowest BCUT2D eigenvalue weighted by atomic mass is 9.78. The van der Waals surface area contributed by atoms with Crippen LogP contribution in [0.4, 0.5) is 4.79 Å². The molecule has 2 fully saturated rings. The summed E-state index contributed by atoms with van der Waals surface area (Å²) in [5, 5.41) is 11.9. The Morgan fingerprint density at radius 3 is 2.22 bits per heavy atom. The molecule has 0 unspecified atom stereocenters. The lowest BCUT2D eigenvalue weighted by molar-refractivity contribution is -0.144. The normalized spacial score (nSPS) is 26.0. The number of nitrogens with zero attached hydrogens (tertiary/aromatic N) is 1. The molecule has 0 radical (unpaired) electrons. The molecule has 15 heteroatoms. The molecule has 0 spiro atoms. The molecule has 2 aliphatic rings. The molecule has 0 aromatic carbocycles. The zero-order valence-electron chi connectivity index (χ0n) is 22.0. The van der Waals surface area contributed by atoms with Crippen molar-refractivity contribution in [2.24, 2.45) is 11.7 Å². The van der Waals surface area contributed by atoms with Gasteiger partial charge in [-0.15, -0.1) is 0 Å². The SMILES string of the molecule is CC(C)(C)OC(=O)NCC(=O)NS(=O)(=O)N1C[C@@H](CCCB2OC(C)(C)C(C)(C)O2)[C@@](N)(C(=O)O)C1. The van der Waals surface area contributed by atoms with Crippen LogP contribution in [0.5, 0.6) is 0 Å². The van der Waals surface area contributed by atoms with E-state index in [9.17, 15) is 27.9 Å². The van der Waals surface area contributed by atoms with Crippen LogP contribution in [-0.4, -0.2) is 84.9 Å². The van der Waals surface area contributed by atoms with Gasteiger partial charge in [-0.05, 0) is 61.2 Å². The molecule has 0 bridgehead atoms. The summed E-state index contributed by atoms with van der Waals surface area (Å²) in [4.78, 5) is 35.8. The van der Waals surface area contributed by atoms with E-state index in [4.69, 9.17) is 19.8 Å². The van der Waals surface area contributed by atoms with Crippen LogP contribution in [0.1, 0.15) is 61.3 Å². The first kappa shape index (κ1) is 30.3. The van der Waals surface area contributed by atoms with Crippen molar-refractivity contribution in [1.82, 2.24) is 14.3 Å². The van der Waals surface area contributed by atoms with Gasteiger partial charge in [-0.1, -0.05) is 6.42 Å². The third kappa shape index (κ3) is 7.31. The van der Waals surface area contributed by atoms with E-state index in [-0.39, 0.29) is 6.54 Å². The summed E-state index contributed by atoms with van der Waals surface area (Å²) in [5.74, 6) is -3.05. The van der Waals surface area contributed by atoms with Gasteiger partial charge < -0.3 is 30.2 Å². The van der Waals surface area contributed by atoms with E-state index in [1.807, 2.05) is 32.4 Å². The van der Waals surface area contributed by atoms with Gasteiger partial charge >= 0.3 is 29.4 Å². The minimum atomic E-state index is -4.40. The summed E-state index contributed by atoms with van der Waals surface area (Å²) in [6.45, 7) is 11.3. The number of carbonyl (C=O) groups excluding carboxylic acids is 2. The molecule has 36 heavy (non-hydrogen) atoms. The number of nitrogens with one attached hydrogen (secondary N) is 2. The van der Waals surface area contributed by atoms with Crippen LogP contribution in [0.2, 0.25) is 6.32 Å². The highest BCUT2D eigenvalue weighted by molar-refractivity contribution is 7.87. The number of alkyl carbamates (subject to hydrolysis) is 1. The molecular weight excluding hydrogens is 495 g/mol. The summed E-state index contributed by atoms with van der Waals surface area (Å²) < 4.78 is 45.1. The Morgan fingerprint density at radius 1 is 1.17 bits per heavy atom. The molecule has 5 N–H and O–H groups in total. The predicted octanol–water partition coefficient (Wildman–Crippen LogP) is 0.458. The largest absolute Gasteiger partial charge is 0.480 e. The van der Waals surface area contributed by atoms with Crippen molar-refractivity contribution in [1.29, 1.82) is 0 Å². The Bertz CT molecular complexity index is 951. The summed E-state index contributed by atoms with van der Waals surface area (Å²) in [6.07, 6.45) is 0.407. The van der Waals surface area contributed by atoms with Crippen LogP contribution >= 0.6 is 0 Å². The van der Waals surface area contributed by atoms with Gasteiger partial charge in [-0.2, -0.15) is 12.7 Å². The Morgan fingerprint density at radius 2 is 1.72 bits per heavy atom. The van der Waals surface area contributed by atoms with Gasteiger partial charge in [0.05, 0.1) is 11.2 Å². The molecule has 0 aliphatic carbocycles. The summed E-state index contributed by atoms with van der Waals surface area (Å²) >= 11 is 0. The van der Waals surface area contributed by atoms with E-state index in [0.717, 1.165) is 4.31 Å². The first-order valence-electron chi connectivity index (χ1n) is 11.8. The highest BCUT2D eigenvalue weighted by Crippen LogP contribution is 2.39. The number of hydrogen-bond donors (Lipinski definition) is 4. The van der Waals surface area contributed by atoms with E-state index < -0.39 is 76.6 Å². The molecule has 0 saturated carbocycles. The number of carboxylic acid groups (broad SMARTS) is 1. The van der Waals surface area contributed by atoms with Crippen molar-refractivity contribution < 1.29 is 42.0 Å². The molecule has 13 nitrogen and oxygen atoms in total. The Hall–Kier alpha value is -1.94. The topological polar surface area (TPSA) is 187 Å². The van der Waals surface area contributed by atoms with E-state index in [0.29, 0.717) is 19.2 Å². The van der Waals surface area contributed by atoms with Gasteiger partial charge in [0.25, 0.3) is 5.91 Å². The number of amides is 2. The molecule has 2 rings (SSSR count). The molecular formula is C21H39BN4O9S. The lowest BCUT2D eigenvalue weighted by Crippen LogP contribution is -2.55. The predicted molar refractivity (Wildman–Crippen MR) is 131 cm³/mol. The Labute approximate surface area is 213 Å². The van der Waals surface area contributed by atoms with Crippen LogP contribution in [0.25, 0.3) is 0 Å². The highest BCUT2D eigenvalue weighted by atomic mass is 32.2. The number of rotatable bonds is 9. The molecule has 0 aromatic heterocycles. The second-order valence-corrected chi connectivity index (χ2v) is 13.0. The van der Waals surface area contributed by atoms with Crippen molar-refractivity contribution >= 4 is 35.3 Å². The number of aliphatic carboxylic acids is 1. The summed E-state index contributed by atoms with van der Waals surface area (Å²) in [6, 6.07) is 0. The van der Waals surface area contributed by atoms with Crippen molar-refractivity contribution in [2.45, 2.75) is 90.0 Å². The molecule has 0 aromatic rings. The number of hydrogen-bond acceptors (Lipinski definition) is 9. The zero-order chi connectivity index (χ0) is 27.7. The standard InChI is InChI=1S/C21H39BN4O9S/c1-18(2,3)33-17(30)24-11-15(27)25-36(31,32)26-12-14(21(23,13-26)16(28)29)9-8-10-22-34-19(4,5)20(6,7)35-22/h14H,8-13,23H2,1-7H3,(H,24,30)(H,25,27)(H,28,29)/t14-,21-/m1/s1. The second kappa shape index (κ2) is 10.4. The third-order valence-corrected chi connectivity index (χ3v) is 8.10. The maximum Gasteiger partial charge on any atom is 0.457 e. The molecule has 2 saturated heterocycles. The number of ether oxygens (including phenoxy) is 1. The van der Waals surface area contributed by atoms with Crippen LogP contribution in [-0.2, 0) is 33.8 Å². The average molecular weight is 534 g/mol. The van der Waals surface area contributed by atoms with E-state index >= 15 is 0 Å². The third-order valence-electron chi connectivity index (χ3n) is 6.66. The van der Waals surface area contributed by atoms with E-state index in [2.05, 4.69) is 5.32 Å². The van der Waals surface area contributed by atoms with Crippen LogP contribution in [0.3, 0.4) is 0 Å². The fourth-order valence-corrected chi connectivity index (χ4v) is 5.24. The number of carbonyl (C=O) groups is 3. The number of carboxylic acids is 1. The molecule has 2 aliphatic heterocycles. The van der Waals surface area contributed by atoms with E-state index in [1.54, 1.807) is 20.8 Å². The van der Waals surface area contributed by atoms with Gasteiger partial charge in [-0.3, -0.25) is 9.59 Å². The first-order valence-corrected chi connectivity index (χ1v) is 13.3.